The number of nitro benzene ring substituents is 1. The van der Waals surface area contributed by atoms with Crippen LogP contribution in [-0.2, 0) is 13.2 Å². The van der Waals surface area contributed by atoms with E-state index in [1.54, 1.807) is 31.3 Å². The zero-order chi connectivity index (χ0) is 23.8. The van der Waals surface area contributed by atoms with E-state index < -0.39 is 4.92 Å². The number of hydrogen-bond donors (Lipinski definition) is 2. The summed E-state index contributed by atoms with van der Waals surface area (Å²) in [7, 11) is 1.64. The van der Waals surface area contributed by atoms with Crippen LogP contribution in [-0.4, -0.2) is 17.0 Å². The molecule has 4 rings (SSSR count). The van der Waals surface area contributed by atoms with Gasteiger partial charge >= 0.3 is 0 Å². The second-order valence-electron chi connectivity index (χ2n) is 7.38. The summed E-state index contributed by atoms with van der Waals surface area (Å²) in [4.78, 5) is 15.6. The zero-order valence-electron chi connectivity index (χ0n) is 18.6. The first-order valence-corrected chi connectivity index (χ1v) is 10.7. The maximum Gasteiger partial charge on any atom is 0.294 e. The fourth-order valence-corrected chi connectivity index (χ4v) is 3.37. The number of pyridine rings is 1. The Hall–Kier alpha value is -4.59. The third kappa shape index (κ3) is 5.60. The summed E-state index contributed by atoms with van der Waals surface area (Å²) in [5.74, 6) is 0.730. The van der Waals surface area contributed by atoms with Crippen molar-refractivity contribution in [3.63, 3.8) is 0 Å². The molecule has 3 aromatic carbocycles. The Kier molecular flexibility index (Phi) is 7.19. The average molecular weight is 457 g/mol. The van der Waals surface area contributed by atoms with Crippen molar-refractivity contribution in [2.45, 2.75) is 13.2 Å². The van der Waals surface area contributed by atoms with Crippen LogP contribution in [0.4, 0.5) is 22.7 Å². The highest BCUT2D eigenvalue weighted by Gasteiger charge is 2.18. The van der Waals surface area contributed by atoms with Gasteiger partial charge < -0.3 is 20.1 Å². The van der Waals surface area contributed by atoms with Crippen LogP contribution in [0.5, 0.6) is 11.8 Å². The van der Waals surface area contributed by atoms with Gasteiger partial charge in [-0.3, -0.25) is 10.1 Å². The number of aromatic nitrogens is 1. The second kappa shape index (κ2) is 10.8. The van der Waals surface area contributed by atoms with Gasteiger partial charge in [0.1, 0.15) is 24.6 Å². The highest BCUT2D eigenvalue weighted by Crippen LogP contribution is 2.36. The number of anilines is 3. The molecular formula is C26H24N4O4. The van der Waals surface area contributed by atoms with E-state index >= 15 is 0 Å². The van der Waals surface area contributed by atoms with Crippen molar-refractivity contribution >= 4 is 22.7 Å². The quantitative estimate of drug-likeness (QED) is 0.225. The fourth-order valence-electron chi connectivity index (χ4n) is 3.37. The van der Waals surface area contributed by atoms with Gasteiger partial charge in [0.2, 0.25) is 11.8 Å². The number of nitro groups is 1. The molecule has 0 atom stereocenters. The summed E-state index contributed by atoms with van der Waals surface area (Å²) in [6.45, 7) is 0.673. The SMILES string of the molecule is CNc1c(Nc2ccc(OCc3ccccc3)nc2OCc2ccccc2)cccc1[N+](=O)[O-]. The van der Waals surface area contributed by atoms with Gasteiger partial charge in [0.05, 0.1) is 10.6 Å². The molecule has 2 N–H and O–H groups in total. The number of benzene rings is 3. The Bertz CT molecular complexity index is 1250. The Labute approximate surface area is 197 Å². The number of hydrogen-bond acceptors (Lipinski definition) is 7. The fraction of sp³-hybridized carbons (Fsp3) is 0.115. The van der Waals surface area contributed by atoms with Crippen LogP contribution in [0.2, 0.25) is 0 Å². The van der Waals surface area contributed by atoms with Crippen LogP contribution in [0.3, 0.4) is 0 Å². The molecule has 1 aromatic heterocycles. The van der Waals surface area contributed by atoms with E-state index in [0.717, 1.165) is 11.1 Å². The molecule has 8 nitrogen and oxygen atoms in total. The van der Waals surface area contributed by atoms with E-state index in [1.807, 2.05) is 60.7 Å². The van der Waals surface area contributed by atoms with Crippen molar-refractivity contribution in [1.29, 1.82) is 0 Å². The second-order valence-corrected chi connectivity index (χ2v) is 7.38. The number of para-hydroxylation sites is 1. The highest BCUT2D eigenvalue weighted by atomic mass is 16.6. The molecule has 0 radical (unpaired) electrons. The summed E-state index contributed by atoms with van der Waals surface area (Å²) in [6, 6.07) is 27.9. The van der Waals surface area contributed by atoms with Gasteiger partial charge in [-0.2, -0.15) is 4.98 Å². The molecule has 0 fully saturated rings. The summed E-state index contributed by atoms with van der Waals surface area (Å²) in [5, 5.41) is 17.5. The largest absolute Gasteiger partial charge is 0.473 e. The predicted molar refractivity (Wildman–Crippen MR) is 132 cm³/mol. The Balaban J connectivity index is 1.61. The van der Waals surface area contributed by atoms with E-state index in [4.69, 9.17) is 9.47 Å². The van der Waals surface area contributed by atoms with Crippen LogP contribution in [0.15, 0.2) is 91.0 Å². The van der Waals surface area contributed by atoms with Gasteiger partial charge in [0.15, 0.2) is 0 Å². The van der Waals surface area contributed by atoms with Crippen molar-refractivity contribution in [3.8, 4) is 11.8 Å². The summed E-state index contributed by atoms with van der Waals surface area (Å²) >= 11 is 0. The van der Waals surface area contributed by atoms with Crippen LogP contribution >= 0.6 is 0 Å². The zero-order valence-corrected chi connectivity index (χ0v) is 18.6. The topological polar surface area (TPSA) is 98.5 Å². The summed E-state index contributed by atoms with van der Waals surface area (Å²) < 4.78 is 11.9. The van der Waals surface area contributed by atoms with E-state index in [9.17, 15) is 10.1 Å². The van der Waals surface area contributed by atoms with Gasteiger partial charge in [-0.25, -0.2) is 0 Å². The molecule has 0 bridgehead atoms. The third-order valence-corrected chi connectivity index (χ3v) is 5.04. The molecule has 0 unspecified atom stereocenters. The lowest BCUT2D eigenvalue weighted by Gasteiger charge is -2.16. The maximum absolute atomic E-state index is 11.4. The Morgan fingerprint density at radius 1 is 0.794 bits per heavy atom. The van der Waals surface area contributed by atoms with Gasteiger partial charge in [0.25, 0.3) is 5.69 Å². The first-order valence-electron chi connectivity index (χ1n) is 10.7. The van der Waals surface area contributed by atoms with E-state index in [2.05, 4.69) is 15.6 Å². The minimum Gasteiger partial charge on any atom is -0.473 e. The molecule has 4 aromatic rings. The standard InChI is InChI=1S/C26H24N4O4/c1-27-25-21(13-8-14-23(25)30(31)32)28-22-15-16-24(33-17-19-9-4-2-5-10-19)29-26(22)34-18-20-11-6-3-7-12-20/h2-16,27-28H,17-18H2,1H3. The first kappa shape index (κ1) is 22.6. The van der Waals surface area contributed by atoms with E-state index in [1.165, 1.54) is 6.07 Å². The maximum atomic E-state index is 11.4. The lowest BCUT2D eigenvalue weighted by atomic mass is 10.2. The van der Waals surface area contributed by atoms with Gasteiger partial charge in [-0.05, 0) is 23.3 Å². The van der Waals surface area contributed by atoms with Crippen LogP contribution in [0.25, 0.3) is 0 Å². The van der Waals surface area contributed by atoms with Crippen molar-refractivity contribution in [1.82, 2.24) is 4.98 Å². The van der Waals surface area contributed by atoms with E-state index in [0.29, 0.717) is 42.0 Å². The normalized spacial score (nSPS) is 10.4. The minimum absolute atomic E-state index is 0.0324. The molecule has 0 aliphatic rings. The number of nitrogens with one attached hydrogen (secondary N) is 2. The van der Waals surface area contributed by atoms with Crippen molar-refractivity contribution in [2.24, 2.45) is 0 Å². The number of ether oxygens (including phenoxy) is 2. The molecule has 0 spiro atoms. The molecule has 34 heavy (non-hydrogen) atoms. The molecule has 0 saturated carbocycles. The van der Waals surface area contributed by atoms with Gasteiger partial charge in [0, 0.05) is 19.2 Å². The number of nitrogens with zero attached hydrogens (tertiary/aromatic N) is 2. The molecule has 172 valence electrons. The first-order chi connectivity index (χ1) is 16.6. The highest BCUT2D eigenvalue weighted by molar-refractivity contribution is 5.82. The lowest BCUT2D eigenvalue weighted by Crippen LogP contribution is -2.05. The Morgan fingerprint density at radius 2 is 1.44 bits per heavy atom. The monoisotopic (exact) mass is 456 g/mol. The van der Waals surface area contributed by atoms with Gasteiger partial charge in [-0.1, -0.05) is 66.7 Å². The average Bonchev–Trinajstić information content (AvgIpc) is 2.88. The van der Waals surface area contributed by atoms with Crippen molar-refractivity contribution < 1.29 is 14.4 Å². The minimum atomic E-state index is -0.428. The molecule has 1 heterocycles. The summed E-state index contributed by atoms with van der Waals surface area (Å²) in [5.41, 5.74) is 3.42. The Morgan fingerprint density at radius 3 is 2.06 bits per heavy atom. The van der Waals surface area contributed by atoms with Gasteiger partial charge in [-0.15, -0.1) is 0 Å². The molecule has 0 aliphatic carbocycles. The van der Waals surface area contributed by atoms with Crippen LogP contribution in [0.1, 0.15) is 11.1 Å². The molecule has 0 amide bonds. The third-order valence-electron chi connectivity index (χ3n) is 5.04. The molecule has 8 heteroatoms. The molecule has 0 saturated heterocycles. The smallest absolute Gasteiger partial charge is 0.294 e. The van der Waals surface area contributed by atoms with Crippen molar-refractivity contribution in [3.05, 3.63) is 112 Å². The lowest BCUT2D eigenvalue weighted by molar-refractivity contribution is -0.383. The number of rotatable bonds is 10. The summed E-state index contributed by atoms with van der Waals surface area (Å²) in [6.07, 6.45) is 0. The van der Waals surface area contributed by atoms with Crippen LogP contribution in [0, 0.1) is 10.1 Å². The van der Waals surface area contributed by atoms with Crippen LogP contribution < -0.4 is 20.1 Å². The molecule has 0 aliphatic heterocycles. The molecular weight excluding hydrogens is 432 g/mol. The predicted octanol–water partition coefficient (Wildman–Crippen LogP) is 5.93. The van der Waals surface area contributed by atoms with E-state index in [-0.39, 0.29) is 5.69 Å². The van der Waals surface area contributed by atoms with Crippen molar-refractivity contribution in [2.75, 3.05) is 17.7 Å².